The van der Waals surface area contributed by atoms with Crippen molar-refractivity contribution in [2.75, 3.05) is 19.6 Å². The standard InChI is InChI=1S/C30H37ClF2N6O4/c1-29(28(34)42)9-4-3-5-18(29)27(41)39-12-8-17-19(31)6-7-22(43-15-20-25(26(32)33)37(2)36-35-20)24(17)21(39)14-38-16-30(10-11-30)13-23(38)40/h6-7,18,21,26H,3-5,8-16H2,1-2H3,(H2,34,42)/t18-,21?,29-/m0/s1. The number of aryl methyl sites for hydroxylation is 1. The van der Waals surface area contributed by atoms with Gasteiger partial charge in [0, 0.05) is 43.7 Å². The number of carbonyl (C=O) groups is 3. The van der Waals surface area contributed by atoms with Gasteiger partial charge in [-0.2, -0.15) is 0 Å². The highest BCUT2D eigenvalue weighted by atomic mass is 35.5. The molecule has 3 amide bonds. The summed E-state index contributed by atoms with van der Waals surface area (Å²) in [5.74, 6) is -0.840. The van der Waals surface area contributed by atoms with Crippen molar-refractivity contribution in [3.8, 4) is 5.75 Å². The number of nitrogens with zero attached hydrogens (tertiary/aromatic N) is 5. The number of ether oxygens (including phenoxy) is 1. The first-order chi connectivity index (χ1) is 20.4. The molecule has 3 fully saturated rings. The normalized spacial score (nSPS) is 26.2. The van der Waals surface area contributed by atoms with E-state index in [9.17, 15) is 23.2 Å². The predicted octanol–water partition coefficient (Wildman–Crippen LogP) is 4.11. The molecule has 6 rings (SSSR count). The first-order valence-electron chi connectivity index (χ1n) is 14.9. The van der Waals surface area contributed by atoms with Gasteiger partial charge in [0.15, 0.2) is 0 Å². The first-order valence-corrected chi connectivity index (χ1v) is 15.3. The average molecular weight is 619 g/mol. The average Bonchev–Trinajstić information content (AvgIpc) is 3.50. The van der Waals surface area contributed by atoms with Crippen molar-refractivity contribution in [3.05, 3.63) is 39.7 Å². The number of alkyl halides is 2. The molecule has 3 heterocycles. The van der Waals surface area contributed by atoms with E-state index < -0.39 is 29.7 Å². The summed E-state index contributed by atoms with van der Waals surface area (Å²) in [7, 11) is 1.40. The molecule has 1 unspecified atom stereocenters. The van der Waals surface area contributed by atoms with Gasteiger partial charge in [-0.1, -0.05) is 29.7 Å². The molecule has 2 aliphatic carbocycles. The minimum absolute atomic E-state index is 0.00585. The van der Waals surface area contributed by atoms with Gasteiger partial charge in [0.05, 0.1) is 17.4 Å². The monoisotopic (exact) mass is 618 g/mol. The molecule has 3 atom stereocenters. The first kappa shape index (κ1) is 29.8. The van der Waals surface area contributed by atoms with Gasteiger partial charge in [-0.3, -0.25) is 14.4 Å². The second kappa shape index (κ2) is 11.0. The number of benzene rings is 1. The Morgan fingerprint density at radius 1 is 1.23 bits per heavy atom. The zero-order valence-corrected chi connectivity index (χ0v) is 25.2. The van der Waals surface area contributed by atoms with Gasteiger partial charge in [-0.25, -0.2) is 13.5 Å². The smallest absolute Gasteiger partial charge is 0.282 e. The molecular weight excluding hydrogens is 582 g/mol. The maximum Gasteiger partial charge on any atom is 0.282 e. The fourth-order valence-electron chi connectivity index (χ4n) is 7.38. The summed E-state index contributed by atoms with van der Waals surface area (Å²) in [4.78, 5) is 43.8. The highest BCUT2D eigenvalue weighted by molar-refractivity contribution is 6.31. The van der Waals surface area contributed by atoms with Crippen LogP contribution in [0.2, 0.25) is 5.02 Å². The molecule has 43 heavy (non-hydrogen) atoms. The number of nitrogens with two attached hydrogens (primary N) is 1. The highest BCUT2D eigenvalue weighted by Crippen LogP contribution is 2.54. The molecule has 1 saturated heterocycles. The molecule has 1 aromatic carbocycles. The maximum atomic E-state index is 14.4. The molecule has 2 aliphatic heterocycles. The van der Waals surface area contributed by atoms with E-state index in [-0.39, 0.29) is 41.8 Å². The van der Waals surface area contributed by atoms with Crippen molar-refractivity contribution in [2.24, 2.45) is 29.5 Å². The Morgan fingerprint density at radius 3 is 2.67 bits per heavy atom. The van der Waals surface area contributed by atoms with Crippen LogP contribution in [0.1, 0.15) is 86.9 Å². The lowest BCUT2D eigenvalue weighted by molar-refractivity contribution is -0.152. The molecule has 4 aliphatic rings. The van der Waals surface area contributed by atoms with E-state index in [1.807, 2.05) is 4.90 Å². The third-order valence-corrected chi connectivity index (χ3v) is 10.5. The third kappa shape index (κ3) is 5.25. The van der Waals surface area contributed by atoms with E-state index in [1.165, 1.54) is 7.05 Å². The fourth-order valence-corrected chi connectivity index (χ4v) is 7.63. The summed E-state index contributed by atoms with van der Waals surface area (Å²) in [6, 6.07) is 2.75. The SMILES string of the molecule is Cn1nnc(COc2ccc(Cl)c3c2C(CN2CC4(CC4)CC2=O)N(C(=O)[C@@H]2CCCC[C@]2(C)C(N)=O)CC3)c1C(F)F. The summed E-state index contributed by atoms with van der Waals surface area (Å²) >= 11 is 6.70. The molecule has 2 aromatic rings. The zero-order chi connectivity index (χ0) is 30.7. The number of hydrogen-bond donors (Lipinski definition) is 1. The van der Waals surface area contributed by atoms with E-state index in [1.54, 1.807) is 24.0 Å². The van der Waals surface area contributed by atoms with Gasteiger partial charge < -0.3 is 20.3 Å². The van der Waals surface area contributed by atoms with E-state index in [0.717, 1.165) is 35.9 Å². The molecular formula is C30H37ClF2N6O4. The summed E-state index contributed by atoms with van der Waals surface area (Å²) < 4.78 is 34.6. The Labute approximate surface area is 253 Å². The lowest BCUT2D eigenvalue weighted by atomic mass is 9.66. The van der Waals surface area contributed by atoms with Crippen LogP contribution < -0.4 is 10.5 Å². The number of likely N-dealkylation sites (tertiary alicyclic amines) is 1. The van der Waals surface area contributed by atoms with E-state index in [0.29, 0.717) is 55.1 Å². The van der Waals surface area contributed by atoms with Crippen molar-refractivity contribution in [3.63, 3.8) is 0 Å². The molecule has 1 aromatic heterocycles. The summed E-state index contributed by atoms with van der Waals surface area (Å²) in [5.41, 5.74) is 6.01. The number of hydrogen-bond acceptors (Lipinski definition) is 6. The lowest BCUT2D eigenvalue weighted by Gasteiger charge is -2.45. The number of rotatable bonds is 8. The fraction of sp³-hybridized carbons (Fsp3) is 0.633. The maximum absolute atomic E-state index is 14.4. The van der Waals surface area contributed by atoms with Gasteiger partial charge in [-0.05, 0) is 62.1 Å². The molecule has 2 saturated carbocycles. The van der Waals surface area contributed by atoms with Crippen LogP contribution in [0, 0.1) is 16.7 Å². The molecule has 1 spiro atoms. The van der Waals surface area contributed by atoms with Crippen molar-refractivity contribution in [2.45, 2.75) is 77.4 Å². The number of primary amides is 1. The number of fused-ring (bicyclic) bond motifs is 1. The number of aromatic nitrogens is 3. The Hall–Kier alpha value is -3.28. The van der Waals surface area contributed by atoms with E-state index in [2.05, 4.69) is 10.3 Å². The van der Waals surface area contributed by atoms with Crippen LogP contribution in [-0.4, -0.2) is 62.1 Å². The Kier molecular flexibility index (Phi) is 7.63. The second-order valence-electron chi connectivity index (χ2n) is 12.9. The summed E-state index contributed by atoms with van der Waals surface area (Å²) in [6.45, 7) is 2.71. The van der Waals surface area contributed by atoms with Gasteiger partial charge in [0.1, 0.15) is 23.7 Å². The molecule has 0 bridgehead atoms. The van der Waals surface area contributed by atoms with Gasteiger partial charge in [-0.15, -0.1) is 5.10 Å². The van der Waals surface area contributed by atoms with Crippen molar-refractivity contribution >= 4 is 29.3 Å². The van der Waals surface area contributed by atoms with Crippen LogP contribution in [0.4, 0.5) is 8.78 Å². The third-order valence-electron chi connectivity index (χ3n) is 10.2. The predicted molar refractivity (Wildman–Crippen MR) is 152 cm³/mol. The van der Waals surface area contributed by atoms with Crippen LogP contribution in [0.15, 0.2) is 12.1 Å². The molecule has 232 valence electrons. The van der Waals surface area contributed by atoms with Crippen LogP contribution in [0.25, 0.3) is 0 Å². The summed E-state index contributed by atoms with van der Waals surface area (Å²) in [6.07, 6.45) is 2.84. The Morgan fingerprint density at radius 2 is 2.00 bits per heavy atom. The molecule has 10 nitrogen and oxygen atoms in total. The molecule has 2 N–H and O–H groups in total. The zero-order valence-electron chi connectivity index (χ0n) is 24.5. The van der Waals surface area contributed by atoms with Crippen molar-refractivity contribution < 1.29 is 27.9 Å². The van der Waals surface area contributed by atoms with Crippen LogP contribution >= 0.6 is 11.6 Å². The summed E-state index contributed by atoms with van der Waals surface area (Å²) in [5, 5.41) is 8.10. The lowest BCUT2D eigenvalue weighted by Crippen LogP contribution is -2.54. The molecule has 0 radical (unpaired) electrons. The molecule has 13 heteroatoms. The van der Waals surface area contributed by atoms with Crippen molar-refractivity contribution in [1.82, 2.24) is 24.8 Å². The van der Waals surface area contributed by atoms with Crippen LogP contribution in [0.5, 0.6) is 5.75 Å². The minimum Gasteiger partial charge on any atom is -0.487 e. The van der Waals surface area contributed by atoms with Gasteiger partial charge >= 0.3 is 0 Å². The van der Waals surface area contributed by atoms with Gasteiger partial charge in [0.2, 0.25) is 17.7 Å². The van der Waals surface area contributed by atoms with Crippen LogP contribution in [-0.2, 0) is 34.5 Å². The second-order valence-corrected chi connectivity index (χ2v) is 13.3. The topological polar surface area (TPSA) is 124 Å². The minimum atomic E-state index is -2.79. The Bertz CT molecular complexity index is 1460. The Balaban J connectivity index is 1.38. The highest BCUT2D eigenvalue weighted by Gasteiger charge is 2.53. The van der Waals surface area contributed by atoms with E-state index in [4.69, 9.17) is 22.1 Å². The quantitative estimate of drug-likeness (QED) is 0.475. The number of carbonyl (C=O) groups excluding carboxylic acids is 3. The van der Waals surface area contributed by atoms with Crippen LogP contribution in [0.3, 0.4) is 0 Å². The number of amides is 3. The number of halogens is 3. The largest absolute Gasteiger partial charge is 0.487 e. The van der Waals surface area contributed by atoms with E-state index >= 15 is 0 Å². The van der Waals surface area contributed by atoms with Crippen molar-refractivity contribution in [1.29, 1.82) is 0 Å². The van der Waals surface area contributed by atoms with Gasteiger partial charge in [0.25, 0.3) is 6.43 Å².